The Morgan fingerprint density at radius 1 is 1.19 bits per heavy atom. The van der Waals surface area contributed by atoms with Crippen molar-refractivity contribution < 1.29 is 18.0 Å². The lowest BCUT2D eigenvalue weighted by molar-refractivity contribution is -0.126. The minimum atomic E-state index is -3.62. The van der Waals surface area contributed by atoms with Gasteiger partial charge in [-0.3, -0.25) is 9.59 Å². The molecule has 2 rings (SSSR count). The van der Waals surface area contributed by atoms with Crippen molar-refractivity contribution in [2.75, 3.05) is 19.6 Å². The maximum absolute atomic E-state index is 12.7. The van der Waals surface area contributed by atoms with E-state index in [-0.39, 0.29) is 34.9 Å². The van der Waals surface area contributed by atoms with Crippen LogP contribution in [0.25, 0.3) is 0 Å². The van der Waals surface area contributed by atoms with E-state index in [0.717, 1.165) is 0 Å². The highest BCUT2D eigenvalue weighted by Gasteiger charge is 2.32. The molecule has 0 atom stereocenters. The van der Waals surface area contributed by atoms with Crippen LogP contribution in [-0.2, 0) is 14.8 Å². The zero-order valence-corrected chi connectivity index (χ0v) is 17.5. The molecule has 9 heteroatoms. The van der Waals surface area contributed by atoms with Crippen LogP contribution in [0.2, 0.25) is 0 Å². The average molecular weight is 418 g/mol. The summed E-state index contributed by atoms with van der Waals surface area (Å²) in [6, 6.07) is 5.94. The maximum Gasteiger partial charge on any atom is 0.243 e. The fraction of sp³-hybridized carbons (Fsp3) is 0.556. The average Bonchev–Trinajstić information content (AvgIpc) is 2.59. The molecule has 1 fully saturated rings. The third-order valence-electron chi connectivity index (χ3n) is 4.44. The molecule has 0 saturated carbocycles. The number of nitrogens with one attached hydrogen (secondary N) is 1. The first kappa shape index (κ1) is 23.6. The zero-order chi connectivity index (χ0) is 19.5. The normalized spacial score (nSPS) is 16.4. The van der Waals surface area contributed by atoms with E-state index in [9.17, 15) is 18.0 Å². The van der Waals surface area contributed by atoms with Gasteiger partial charge in [0.2, 0.25) is 15.9 Å². The molecule has 1 aromatic carbocycles. The molecule has 0 spiro atoms. The number of benzene rings is 1. The number of rotatable bonds is 6. The summed E-state index contributed by atoms with van der Waals surface area (Å²) in [7, 11) is -3.62. The van der Waals surface area contributed by atoms with Crippen LogP contribution >= 0.6 is 12.4 Å². The van der Waals surface area contributed by atoms with E-state index in [1.54, 1.807) is 0 Å². The van der Waals surface area contributed by atoms with Crippen molar-refractivity contribution in [1.82, 2.24) is 9.62 Å². The van der Waals surface area contributed by atoms with Crippen LogP contribution < -0.4 is 11.1 Å². The summed E-state index contributed by atoms with van der Waals surface area (Å²) in [5.41, 5.74) is 5.86. The number of hydrogen-bond donors (Lipinski definition) is 2. The van der Waals surface area contributed by atoms with Gasteiger partial charge in [0.1, 0.15) is 0 Å². The number of amides is 1. The van der Waals surface area contributed by atoms with Gasteiger partial charge in [-0.25, -0.2) is 8.42 Å². The Labute approximate surface area is 167 Å². The van der Waals surface area contributed by atoms with Gasteiger partial charge in [0, 0.05) is 36.7 Å². The van der Waals surface area contributed by atoms with Gasteiger partial charge in [0.25, 0.3) is 0 Å². The number of Topliss-reactive ketones (excluding diaryl/α,β-unsaturated/α-hetero) is 1. The number of carbonyl (C=O) groups excluding carboxylic acids is 2. The monoisotopic (exact) mass is 417 g/mol. The van der Waals surface area contributed by atoms with Crippen LogP contribution in [0.3, 0.4) is 0 Å². The van der Waals surface area contributed by atoms with Crippen molar-refractivity contribution in [3.8, 4) is 0 Å². The molecular formula is C18H28ClN3O4S. The lowest BCUT2D eigenvalue weighted by Crippen LogP contribution is -2.48. The standard InChI is InChI=1S/C18H27N3O4S.ClH/c1-13(22)14-4-6-16(7-5-14)26(24,25)21-10-8-15(9-11-21)17(23)20-12-18(2,3)19;/h4-7,15H,8-12,19H2,1-3H3,(H,20,23);1H. The summed E-state index contributed by atoms with van der Waals surface area (Å²) in [6.07, 6.45) is 0.948. The lowest BCUT2D eigenvalue weighted by Gasteiger charge is -2.31. The molecule has 0 aromatic heterocycles. The van der Waals surface area contributed by atoms with E-state index in [2.05, 4.69) is 5.32 Å². The Bertz CT molecular complexity index is 765. The summed E-state index contributed by atoms with van der Waals surface area (Å²) >= 11 is 0. The molecule has 1 aliphatic rings. The molecule has 27 heavy (non-hydrogen) atoms. The SMILES string of the molecule is CC(=O)c1ccc(S(=O)(=O)N2CCC(C(=O)NCC(C)(C)N)CC2)cc1.Cl. The van der Waals surface area contributed by atoms with Gasteiger partial charge >= 0.3 is 0 Å². The Hall–Kier alpha value is -1.48. The van der Waals surface area contributed by atoms with Crippen LogP contribution in [-0.4, -0.2) is 49.6 Å². The number of carbonyl (C=O) groups is 2. The number of halogens is 1. The van der Waals surface area contributed by atoms with Crippen LogP contribution in [0.1, 0.15) is 44.0 Å². The molecule has 0 unspecified atom stereocenters. The molecule has 0 aliphatic carbocycles. The number of nitrogens with zero attached hydrogens (tertiary/aromatic N) is 1. The second-order valence-electron chi connectivity index (χ2n) is 7.47. The summed E-state index contributed by atoms with van der Waals surface area (Å²) in [5.74, 6) is -0.392. The minimum Gasteiger partial charge on any atom is -0.354 e. The first-order chi connectivity index (χ1) is 12.0. The number of ketones is 1. The predicted molar refractivity (Wildman–Crippen MR) is 106 cm³/mol. The molecule has 0 radical (unpaired) electrons. The predicted octanol–water partition coefficient (Wildman–Crippen LogP) is 1.57. The van der Waals surface area contributed by atoms with Crippen molar-refractivity contribution in [3.63, 3.8) is 0 Å². The van der Waals surface area contributed by atoms with E-state index >= 15 is 0 Å². The van der Waals surface area contributed by atoms with Gasteiger partial charge in [-0.1, -0.05) is 12.1 Å². The number of piperidine rings is 1. The third-order valence-corrected chi connectivity index (χ3v) is 6.35. The van der Waals surface area contributed by atoms with Crippen molar-refractivity contribution >= 4 is 34.1 Å². The van der Waals surface area contributed by atoms with Gasteiger partial charge in [-0.15, -0.1) is 12.4 Å². The molecule has 7 nitrogen and oxygen atoms in total. The fourth-order valence-electron chi connectivity index (χ4n) is 2.83. The quantitative estimate of drug-likeness (QED) is 0.682. The van der Waals surface area contributed by atoms with Crippen LogP contribution in [0.5, 0.6) is 0 Å². The number of hydrogen-bond acceptors (Lipinski definition) is 5. The highest BCUT2D eigenvalue weighted by molar-refractivity contribution is 7.89. The Kier molecular flexibility index (Phi) is 7.98. The van der Waals surface area contributed by atoms with Gasteiger partial charge in [0.15, 0.2) is 5.78 Å². The summed E-state index contributed by atoms with van der Waals surface area (Å²) in [5, 5.41) is 2.83. The second kappa shape index (κ2) is 9.14. The summed E-state index contributed by atoms with van der Waals surface area (Å²) in [6.45, 7) is 6.07. The first-order valence-electron chi connectivity index (χ1n) is 8.68. The molecule has 1 saturated heterocycles. The molecule has 3 N–H and O–H groups in total. The van der Waals surface area contributed by atoms with Crippen molar-refractivity contribution in [2.45, 2.75) is 44.0 Å². The lowest BCUT2D eigenvalue weighted by atomic mass is 9.96. The van der Waals surface area contributed by atoms with E-state index in [4.69, 9.17) is 5.73 Å². The molecule has 152 valence electrons. The second-order valence-corrected chi connectivity index (χ2v) is 9.40. The van der Waals surface area contributed by atoms with Gasteiger partial charge in [-0.2, -0.15) is 4.31 Å². The maximum atomic E-state index is 12.7. The largest absolute Gasteiger partial charge is 0.354 e. The molecule has 1 aliphatic heterocycles. The van der Waals surface area contributed by atoms with E-state index in [0.29, 0.717) is 38.0 Å². The van der Waals surface area contributed by atoms with Crippen LogP contribution in [0.4, 0.5) is 0 Å². The van der Waals surface area contributed by atoms with E-state index < -0.39 is 15.6 Å². The Morgan fingerprint density at radius 3 is 2.15 bits per heavy atom. The smallest absolute Gasteiger partial charge is 0.243 e. The number of sulfonamides is 1. The topological polar surface area (TPSA) is 110 Å². The van der Waals surface area contributed by atoms with Crippen molar-refractivity contribution in [1.29, 1.82) is 0 Å². The highest BCUT2D eigenvalue weighted by Crippen LogP contribution is 2.24. The van der Waals surface area contributed by atoms with Gasteiger partial charge < -0.3 is 11.1 Å². The summed E-state index contributed by atoms with van der Waals surface area (Å²) < 4.78 is 26.8. The highest BCUT2D eigenvalue weighted by atomic mass is 35.5. The van der Waals surface area contributed by atoms with Crippen LogP contribution in [0.15, 0.2) is 29.2 Å². The summed E-state index contributed by atoms with van der Waals surface area (Å²) in [4.78, 5) is 23.7. The first-order valence-corrected chi connectivity index (χ1v) is 10.1. The Morgan fingerprint density at radius 2 is 1.70 bits per heavy atom. The zero-order valence-electron chi connectivity index (χ0n) is 15.9. The van der Waals surface area contributed by atoms with E-state index in [1.165, 1.54) is 35.5 Å². The molecule has 1 heterocycles. The van der Waals surface area contributed by atoms with E-state index in [1.807, 2.05) is 13.8 Å². The molecule has 1 amide bonds. The van der Waals surface area contributed by atoms with Gasteiger partial charge in [0.05, 0.1) is 4.90 Å². The molecule has 1 aromatic rings. The molecule has 0 bridgehead atoms. The minimum absolute atomic E-state index is 0. The molecular weight excluding hydrogens is 390 g/mol. The van der Waals surface area contributed by atoms with Crippen molar-refractivity contribution in [2.24, 2.45) is 11.7 Å². The fourth-order valence-corrected chi connectivity index (χ4v) is 4.30. The third kappa shape index (κ3) is 6.27. The number of nitrogens with two attached hydrogens (primary N) is 1. The van der Waals surface area contributed by atoms with Gasteiger partial charge in [-0.05, 0) is 45.7 Å². The van der Waals surface area contributed by atoms with Crippen LogP contribution in [0, 0.1) is 5.92 Å². The Balaban J connectivity index is 0.00000364. The van der Waals surface area contributed by atoms with Crippen molar-refractivity contribution in [3.05, 3.63) is 29.8 Å².